The molecule has 3 aromatic carbocycles. The van der Waals surface area contributed by atoms with Crippen molar-refractivity contribution in [2.24, 2.45) is 0 Å². The number of anilines is 1. The summed E-state index contributed by atoms with van der Waals surface area (Å²) in [6.45, 7) is 5.05. The molecule has 3 rings (SSSR count). The summed E-state index contributed by atoms with van der Waals surface area (Å²) >= 11 is 6.45. The van der Waals surface area contributed by atoms with Crippen LogP contribution in [0.25, 0.3) is 0 Å². The van der Waals surface area contributed by atoms with Gasteiger partial charge in [0.25, 0.3) is 0 Å². The van der Waals surface area contributed by atoms with Gasteiger partial charge in [0.05, 0.1) is 11.9 Å². The van der Waals surface area contributed by atoms with Gasteiger partial charge in [0, 0.05) is 24.0 Å². The van der Waals surface area contributed by atoms with Crippen molar-refractivity contribution in [3.05, 3.63) is 101 Å². The molecule has 2 amide bonds. The molecule has 0 aliphatic heterocycles. The van der Waals surface area contributed by atoms with E-state index in [4.69, 9.17) is 11.6 Å². The number of halogens is 1. The number of aryl methyl sites for hydroxylation is 1. The number of sulfonamides is 1. The second-order valence-corrected chi connectivity index (χ2v) is 11.9. The van der Waals surface area contributed by atoms with Crippen molar-refractivity contribution >= 4 is 39.1 Å². The molecule has 0 saturated carbocycles. The van der Waals surface area contributed by atoms with Crippen molar-refractivity contribution in [3.63, 3.8) is 0 Å². The molecule has 0 heterocycles. The van der Waals surface area contributed by atoms with Crippen LogP contribution in [0.2, 0.25) is 5.02 Å². The van der Waals surface area contributed by atoms with Crippen LogP contribution in [0.3, 0.4) is 0 Å². The number of benzene rings is 3. The van der Waals surface area contributed by atoms with Crippen LogP contribution < -0.4 is 9.62 Å². The van der Waals surface area contributed by atoms with Crippen LogP contribution >= 0.6 is 11.6 Å². The Bertz CT molecular complexity index is 1360. The minimum atomic E-state index is -3.81. The maximum Gasteiger partial charge on any atom is 0.244 e. The van der Waals surface area contributed by atoms with E-state index in [1.807, 2.05) is 44.2 Å². The summed E-state index contributed by atoms with van der Waals surface area (Å²) in [5, 5.41) is 3.38. The Morgan fingerprint density at radius 1 is 0.921 bits per heavy atom. The smallest absolute Gasteiger partial charge is 0.244 e. The van der Waals surface area contributed by atoms with Gasteiger partial charge in [-0.1, -0.05) is 78.3 Å². The highest BCUT2D eigenvalue weighted by Crippen LogP contribution is 2.24. The molecule has 202 valence electrons. The predicted octanol–water partition coefficient (Wildman–Crippen LogP) is 4.58. The predicted molar refractivity (Wildman–Crippen MR) is 153 cm³/mol. The molecular formula is C29H34ClN3O4S. The Morgan fingerprint density at radius 2 is 1.53 bits per heavy atom. The summed E-state index contributed by atoms with van der Waals surface area (Å²) in [6, 6.07) is 22.4. The summed E-state index contributed by atoms with van der Waals surface area (Å²) < 4.78 is 26.8. The van der Waals surface area contributed by atoms with Crippen LogP contribution in [-0.4, -0.2) is 50.0 Å². The number of nitrogens with zero attached hydrogens (tertiary/aromatic N) is 2. The summed E-state index contributed by atoms with van der Waals surface area (Å²) in [7, 11) is -3.81. The molecule has 38 heavy (non-hydrogen) atoms. The quantitative estimate of drug-likeness (QED) is 0.375. The van der Waals surface area contributed by atoms with E-state index in [0.29, 0.717) is 21.8 Å². The Kier molecular flexibility index (Phi) is 9.94. The fraction of sp³-hybridized carbons (Fsp3) is 0.310. The highest BCUT2D eigenvalue weighted by Gasteiger charge is 2.33. The highest BCUT2D eigenvalue weighted by atomic mass is 35.5. The van der Waals surface area contributed by atoms with Crippen LogP contribution in [0.1, 0.15) is 30.5 Å². The van der Waals surface area contributed by atoms with E-state index in [2.05, 4.69) is 5.32 Å². The number of hydrogen-bond donors (Lipinski definition) is 1. The molecule has 0 aliphatic carbocycles. The van der Waals surface area contributed by atoms with E-state index in [-0.39, 0.29) is 24.9 Å². The fourth-order valence-electron chi connectivity index (χ4n) is 4.18. The van der Waals surface area contributed by atoms with Crippen molar-refractivity contribution in [1.29, 1.82) is 0 Å². The van der Waals surface area contributed by atoms with Crippen LogP contribution in [0.5, 0.6) is 0 Å². The summed E-state index contributed by atoms with van der Waals surface area (Å²) in [4.78, 5) is 29.0. The Hall–Kier alpha value is -3.36. The second-order valence-electron chi connectivity index (χ2n) is 9.54. The number of amides is 2. The molecule has 7 nitrogen and oxygen atoms in total. The molecule has 9 heteroatoms. The number of nitrogens with one attached hydrogen (secondary N) is 1. The van der Waals surface area contributed by atoms with Gasteiger partial charge in [-0.2, -0.15) is 0 Å². The van der Waals surface area contributed by atoms with Gasteiger partial charge in [-0.05, 0) is 49.6 Å². The van der Waals surface area contributed by atoms with Crippen molar-refractivity contribution in [2.75, 3.05) is 17.1 Å². The van der Waals surface area contributed by atoms with Gasteiger partial charge in [-0.3, -0.25) is 13.9 Å². The first-order chi connectivity index (χ1) is 18.0. The van der Waals surface area contributed by atoms with E-state index in [1.165, 1.54) is 4.90 Å². The molecule has 0 aromatic heterocycles. The SMILES string of the molecule is Cc1ccccc1N(CC(=O)N(Cc1ccccc1Cl)[C@H](Cc1ccccc1)C(=O)NC(C)C)S(C)(=O)=O. The van der Waals surface area contributed by atoms with Crippen LogP contribution in [-0.2, 0) is 32.6 Å². The summed E-state index contributed by atoms with van der Waals surface area (Å²) in [5.41, 5.74) is 2.64. The standard InChI is InChI=1S/C29H34ClN3O4S/c1-21(2)31-29(35)27(18-23-13-6-5-7-14-23)32(19-24-15-9-10-16-25(24)30)28(34)20-33(38(4,36)37)26-17-11-8-12-22(26)3/h5-17,21,27H,18-20H2,1-4H3,(H,31,35)/t27-/m1/s1. The molecule has 1 atom stereocenters. The first-order valence-electron chi connectivity index (χ1n) is 12.4. The average Bonchev–Trinajstić information content (AvgIpc) is 2.85. The number of carbonyl (C=O) groups excluding carboxylic acids is 2. The Balaban J connectivity index is 2.08. The molecular weight excluding hydrogens is 522 g/mol. The van der Waals surface area contributed by atoms with Crippen molar-refractivity contribution < 1.29 is 18.0 Å². The zero-order valence-corrected chi connectivity index (χ0v) is 23.7. The molecule has 0 fully saturated rings. The van der Waals surface area contributed by atoms with Gasteiger partial charge in [-0.15, -0.1) is 0 Å². The van der Waals surface area contributed by atoms with Gasteiger partial charge in [0.15, 0.2) is 0 Å². The Morgan fingerprint density at radius 3 is 2.13 bits per heavy atom. The van der Waals surface area contributed by atoms with E-state index >= 15 is 0 Å². The van der Waals surface area contributed by atoms with Gasteiger partial charge in [0.2, 0.25) is 21.8 Å². The normalized spacial score (nSPS) is 12.2. The third-order valence-corrected chi connectivity index (χ3v) is 7.56. The maximum absolute atomic E-state index is 14.0. The van der Waals surface area contributed by atoms with Gasteiger partial charge in [0.1, 0.15) is 12.6 Å². The van der Waals surface area contributed by atoms with Crippen molar-refractivity contribution in [3.8, 4) is 0 Å². The first kappa shape index (κ1) is 29.2. The topological polar surface area (TPSA) is 86.8 Å². The molecule has 0 unspecified atom stereocenters. The fourth-order valence-corrected chi connectivity index (χ4v) is 5.29. The lowest BCUT2D eigenvalue weighted by Gasteiger charge is -2.34. The molecule has 0 radical (unpaired) electrons. The molecule has 1 N–H and O–H groups in total. The molecule has 0 spiro atoms. The van der Waals surface area contributed by atoms with Crippen molar-refractivity contribution in [1.82, 2.24) is 10.2 Å². The van der Waals surface area contributed by atoms with Gasteiger partial charge in [-0.25, -0.2) is 8.42 Å². The lowest BCUT2D eigenvalue weighted by atomic mass is 10.0. The highest BCUT2D eigenvalue weighted by molar-refractivity contribution is 7.92. The van der Waals surface area contributed by atoms with Gasteiger partial charge >= 0.3 is 0 Å². The van der Waals surface area contributed by atoms with Crippen LogP contribution in [0.15, 0.2) is 78.9 Å². The van der Waals surface area contributed by atoms with Crippen LogP contribution in [0.4, 0.5) is 5.69 Å². The average molecular weight is 556 g/mol. The van der Waals surface area contributed by atoms with Crippen molar-refractivity contribution in [2.45, 2.75) is 45.8 Å². The third kappa shape index (κ3) is 7.82. The van der Waals surface area contributed by atoms with E-state index in [1.54, 1.807) is 55.5 Å². The number of para-hydroxylation sites is 1. The number of carbonyl (C=O) groups is 2. The lowest BCUT2D eigenvalue weighted by Crippen LogP contribution is -2.54. The van der Waals surface area contributed by atoms with E-state index in [0.717, 1.165) is 16.1 Å². The van der Waals surface area contributed by atoms with Crippen LogP contribution in [0, 0.1) is 6.92 Å². The molecule has 3 aromatic rings. The monoisotopic (exact) mass is 555 g/mol. The van der Waals surface area contributed by atoms with E-state index in [9.17, 15) is 18.0 Å². The zero-order valence-electron chi connectivity index (χ0n) is 22.1. The first-order valence-corrected chi connectivity index (χ1v) is 14.6. The third-order valence-electron chi connectivity index (χ3n) is 6.06. The zero-order chi connectivity index (χ0) is 27.9. The lowest BCUT2D eigenvalue weighted by molar-refractivity contribution is -0.140. The minimum Gasteiger partial charge on any atom is -0.352 e. The summed E-state index contributed by atoms with van der Waals surface area (Å²) in [6.07, 6.45) is 1.32. The molecule has 0 saturated heterocycles. The Labute approximate surface area is 230 Å². The second kappa shape index (κ2) is 12.9. The minimum absolute atomic E-state index is 0.0346. The largest absolute Gasteiger partial charge is 0.352 e. The summed E-state index contributed by atoms with van der Waals surface area (Å²) in [5.74, 6) is -0.843. The molecule has 0 bridgehead atoms. The van der Waals surface area contributed by atoms with E-state index < -0.39 is 28.5 Å². The number of rotatable bonds is 11. The maximum atomic E-state index is 14.0. The number of hydrogen-bond acceptors (Lipinski definition) is 4. The van der Waals surface area contributed by atoms with Gasteiger partial charge < -0.3 is 10.2 Å². The molecule has 0 aliphatic rings.